The summed E-state index contributed by atoms with van der Waals surface area (Å²) >= 11 is 3.23. The number of nitrogens with zero attached hydrogens (tertiary/aromatic N) is 1. The van der Waals surface area contributed by atoms with E-state index >= 15 is 0 Å². The Morgan fingerprint density at radius 3 is 2.61 bits per heavy atom. The average Bonchev–Trinajstić information content (AvgIpc) is 2.12. The zero-order valence-electron chi connectivity index (χ0n) is 10.5. The van der Waals surface area contributed by atoms with Gasteiger partial charge in [0.25, 0.3) is 0 Å². The molecule has 1 rings (SSSR count). The summed E-state index contributed by atoms with van der Waals surface area (Å²) in [5, 5.41) is 8.86. The molecular formula is C13H17BrFNO2. The van der Waals surface area contributed by atoms with Gasteiger partial charge in [-0.15, -0.1) is 0 Å². The van der Waals surface area contributed by atoms with Crippen LogP contribution in [0.3, 0.4) is 0 Å². The summed E-state index contributed by atoms with van der Waals surface area (Å²) in [6.45, 7) is 5.11. The molecule has 0 saturated heterocycles. The van der Waals surface area contributed by atoms with Gasteiger partial charge in [-0.05, 0) is 29.7 Å². The van der Waals surface area contributed by atoms with Crippen molar-refractivity contribution in [1.29, 1.82) is 0 Å². The molecule has 18 heavy (non-hydrogen) atoms. The van der Waals surface area contributed by atoms with E-state index in [0.717, 1.165) is 5.56 Å². The highest BCUT2D eigenvalue weighted by Crippen LogP contribution is 2.16. The third-order valence-electron chi connectivity index (χ3n) is 2.31. The Balaban J connectivity index is 2.77. The van der Waals surface area contributed by atoms with Crippen LogP contribution in [-0.2, 0) is 11.3 Å². The third kappa shape index (κ3) is 5.60. The molecule has 3 nitrogen and oxygen atoms in total. The maximum Gasteiger partial charge on any atom is 0.317 e. The number of aliphatic carboxylic acids is 1. The molecular weight excluding hydrogens is 301 g/mol. The molecule has 0 aromatic heterocycles. The molecule has 100 valence electrons. The van der Waals surface area contributed by atoms with Crippen molar-refractivity contribution in [2.75, 3.05) is 13.1 Å². The molecule has 0 unspecified atom stereocenters. The molecule has 0 spiro atoms. The minimum Gasteiger partial charge on any atom is -0.480 e. The highest BCUT2D eigenvalue weighted by atomic mass is 79.9. The van der Waals surface area contributed by atoms with E-state index in [4.69, 9.17) is 5.11 Å². The van der Waals surface area contributed by atoms with Crippen LogP contribution in [0.15, 0.2) is 22.7 Å². The Hall–Kier alpha value is -0.940. The Labute approximate surface area is 115 Å². The number of halogens is 2. The monoisotopic (exact) mass is 317 g/mol. The van der Waals surface area contributed by atoms with Crippen LogP contribution in [0.2, 0.25) is 0 Å². The van der Waals surface area contributed by atoms with Gasteiger partial charge >= 0.3 is 5.97 Å². The van der Waals surface area contributed by atoms with Gasteiger partial charge in [-0.3, -0.25) is 9.69 Å². The molecule has 5 heteroatoms. The summed E-state index contributed by atoms with van der Waals surface area (Å²) in [4.78, 5) is 12.6. The summed E-state index contributed by atoms with van der Waals surface area (Å²) < 4.78 is 13.9. The first kappa shape index (κ1) is 15.1. The maximum atomic E-state index is 13.2. The molecule has 0 radical (unpaired) electrons. The van der Waals surface area contributed by atoms with E-state index in [2.05, 4.69) is 15.9 Å². The lowest BCUT2D eigenvalue weighted by molar-refractivity contribution is -0.138. The highest BCUT2D eigenvalue weighted by molar-refractivity contribution is 9.10. The van der Waals surface area contributed by atoms with E-state index in [9.17, 15) is 9.18 Å². The third-order valence-corrected chi connectivity index (χ3v) is 2.77. The number of carboxylic acid groups (broad SMARTS) is 1. The molecule has 0 aliphatic rings. The molecule has 0 aliphatic heterocycles. The molecule has 0 saturated carbocycles. The van der Waals surface area contributed by atoms with Gasteiger partial charge in [0.05, 0.1) is 6.54 Å². The molecule has 0 fully saturated rings. The van der Waals surface area contributed by atoms with Crippen molar-refractivity contribution in [2.24, 2.45) is 5.92 Å². The van der Waals surface area contributed by atoms with Crippen molar-refractivity contribution >= 4 is 21.9 Å². The van der Waals surface area contributed by atoms with E-state index in [0.29, 0.717) is 23.5 Å². The first-order valence-electron chi connectivity index (χ1n) is 5.76. The molecule has 0 atom stereocenters. The number of carbonyl (C=O) groups is 1. The maximum absolute atomic E-state index is 13.2. The van der Waals surface area contributed by atoms with E-state index in [1.165, 1.54) is 12.1 Å². The lowest BCUT2D eigenvalue weighted by Crippen LogP contribution is -2.32. The van der Waals surface area contributed by atoms with E-state index in [1.807, 2.05) is 13.8 Å². The van der Waals surface area contributed by atoms with Crippen molar-refractivity contribution in [1.82, 2.24) is 4.90 Å². The van der Waals surface area contributed by atoms with E-state index in [-0.39, 0.29) is 12.4 Å². The van der Waals surface area contributed by atoms with Crippen LogP contribution in [0.5, 0.6) is 0 Å². The lowest BCUT2D eigenvalue weighted by Gasteiger charge is -2.22. The first-order valence-corrected chi connectivity index (χ1v) is 6.55. The second-order valence-corrected chi connectivity index (χ2v) is 5.65. The summed E-state index contributed by atoms with van der Waals surface area (Å²) in [7, 11) is 0. The fraction of sp³-hybridized carbons (Fsp3) is 0.462. The summed E-state index contributed by atoms with van der Waals surface area (Å²) in [6, 6.07) is 4.62. The number of benzene rings is 1. The Kier molecular flexibility index (Phi) is 5.75. The normalized spacial score (nSPS) is 11.2. The molecule has 1 N–H and O–H groups in total. The van der Waals surface area contributed by atoms with Gasteiger partial charge in [-0.2, -0.15) is 0 Å². The van der Waals surface area contributed by atoms with Crippen LogP contribution in [0.1, 0.15) is 19.4 Å². The van der Waals surface area contributed by atoms with Crippen molar-refractivity contribution in [3.8, 4) is 0 Å². The number of rotatable bonds is 6. The van der Waals surface area contributed by atoms with Gasteiger partial charge in [-0.25, -0.2) is 4.39 Å². The molecule has 0 amide bonds. The molecule has 0 aliphatic carbocycles. The largest absolute Gasteiger partial charge is 0.480 e. The minimum atomic E-state index is -0.869. The predicted molar refractivity (Wildman–Crippen MR) is 71.9 cm³/mol. The number of carboxylic acids is 1. The van der Waals surface area contributed by atoms with Crippen LogP contribution in [0.25, 0.3) is 0 Å². The number of hydrogen-bond donors (Lipinski definition) is 1. The summed E-state index contributed by atoms with van der Waals surface area (Å²) in [6.07, 6.45) is 0. The van der Waals surface area contributed by atoms with Crippen molar-refractivity contribution in [3.05, 3.63) is 34.1 Å². The molecule has 1 aromatic rings. The van der Waals surface area contributed by atoms with Gasteiger partial charge in [0.1, 0.15) is 5.82 Å². The van der Waals surface area contributed by atoms with Crippen molar-refractivity contribution < 1.29 is 14.3 Å². The quantitative estimate of drug-likeness (QED) is 0.876. The fourth-order valence-electron chi connectivity index (χ4n) is 1.85. The van der Waals surface area contributed by atoms with Gasteiger partial charge < -0.3 is 5.11 Å². The summed E-state index contributed by atoms with van der Waals surface area (Å²) in [5.41, 5.74) is 0.767. The van der Waals surface area contributed by atoms with Gasteiger partial charge in [0.15, 0.2) is 0 Å². The topological polar surface area (TPSA) is 40.5 Å². The SMILES string of the molecule is CC(C)CN(CC(=O)O)Cc1cc(F)cc(Br)c1. The van der Waals surface area contributed by atoms with Crippen LogP contribution in [-0.4, -0.2) is 29.1 Å². The van der Waals surface area contributed by atoms with E-state index in [1.54, 1.807) is 11.0 Å². The summed E-state index contributed by atoms with van der Waals surface area (Å²) in [5.74, 6) is -0.827. The zero-order valence-corrected chi connectivity index (χ0v) is 12.1. The fourth-order valence-corrected chi connectivity index (χ4v) is 2.37. The second kappa shape index (κ2) is 6.85. The average molecular weight is 318 g/mol. The van der Waals surface area contributed by atoms with Crippen molar-refractivity contribution in [2.45, 2.75) is 20.4 Å². The lowest BCUT2D eigenvalue weighted by atomic mass is 10.1. The van der Waals surface area contributed by atoms with Gasteiger partial charge in [0, 0.05) is 17.6 Å². The van der Waals surface area contributed by atoms with Crippen molar-refractivity contribution in [3.63, 3.8) is 0 Å². The standard InChI is InChI=1S/C13H17BrFNO2/c1-9(2)6-16(8-13(17)18)7-10-3-11(14)5-12(15)4-10/h3-5,9H,6-8H2,1-2H3,(H,17,18). The van der Waals surface area contributed by atoms with Gasteiger partial charge in [-0.1, -0.05) is 29.8 Å². The smallest absolute Gasteiger partial charge is 0.317 e. The van der Waals surface area contributed by atoms with Crippen LogP contribution in [0, 0.1) is 11.7 Å². The first-order chi connectivity index (χ1) is 8.36. The molecule has 0 bridgehead atoms. The van der Waals surface area contributed by atoms with Gasteiger partial charge in [0.2, 0.25) is 0 Å². The molecule has 1 aromatic carbocycles. The molecule has 0 heterocycles. The second-order valence-electron chi connectivity index (χ2n) is 4.73. The zero-order chi connectivity index (χ0) is 13.7. The highest BCUT2D eigenvalue weighted by Gasteiger charge is 2.12. The Bertz CT molecular complexity index is 403. The predicted octanol–water partition coefficient (Wildman–Crippen LogP) is 3.13. The van der Waals surface area contributed by atoms with E-state index < -0.39 is 5.97 Å². The van der Waals surface area contributed by atoms with Crippen LogP contribution in [0.4, 0.5) is 4.39 Å². The minimum absolute atomic E-state index is 0.0354. The van der Waals surface area contributed by atoms with Crippen LogP contribution >= 0.6 is 15.9 Å². The Morgan fingerprint density at radius 1 is 1.44 bits per heavy atom. The Morgan fingerprint density at radius 2 is 2.11 bits per heavy atom. The number of hydrogen-bond acceptors (Lipinski definition) is 2. The van der Waals surface area contributed by atoms with Crippen LogP contribution < -0.4 is 0 Å².